The third kappa shape index (κ3) is 4.14. The molecule has 1 fully saturated rings. The van der Waals surface area contributed by atoms with E-state index in [9.17, 15) is 18.3 Å². The van der Waals surface area contributed by atoms with Crippen molar-refractivity contribution in [1.29, 1.82) is 0 Å². The zero-order valence-electron chi connectivity index (χ0n) is 10.1. The SMILES string of the molecule is CC(C)OC(=O)NS(=O)(=O)N1CCC(C)(O)C1. The topological polar surface area (TPSA) is 95.9 Å². The number of amides is 1. The van der Waals surface area contributed by atoms with Crippen LogP contribution in [0.3, 0.4) is 0 Å². The minimum absolute atomic E-state index is 0.0305. The first kappa shape index (κ1) is 14.2. The van der Waals surface area contributed by atoms with Crippen LogP contribution in [0, 0.1) is 0 Å². The van der Waals surface area contributed by atoms with Crippen LogP contribution in [-0.4, -0.2) is 48.7 Å². The molecule has 0 saturated carbocycles. The van der Waals surface area contributed by atoms with Gasteiger partial charge in [-0.15, -0.1) is 0 Å². The van der Waals surface area contributed by atoms with Gasteiger partial charge < -0.3 is 9.84 Å². The maximum Gasteiger partial charge on any atom is 0.422 e. The number of nitrogens with one attached hydrogen (secondary N) is 1. The first-order chi connectivity index (χ1) is 7.62. The minimum atomic E-state index is -3.93. The Balaban J connectivity index is 2.61. The van der Waals surface area contributed by atoms with E-state index in [-0.39, 0.29) is 13.1 Å². The fourth-order valence-corrected chi connectivity index (χ4v) is 2.68. The van der Waals surface area contributed by atoms with E-state index in [0.717, 1.165) is 4.31 Å². The van der Waals surface area contributed by atoms with Gasteiger partial charge in [-0.1, -0.05) is 0 Å². The van der Waals surface area contributed by atoms with Gasteiger partial charge in [0, 0.05) is 13.1 Å². The summed E-state index contributed by atoms with van der Waals surface area (Å²) in [4.78, 5) is 11.2. The third-order valence-electron chi connectivity index (χ3n) is 2.31. The molecule has 1 aliphatic heterocycles. The molecule has 0 aromatic carbocycles. The monoisotopic (exact) mass is 266 g/mol. The van der Waals surface area contributed by atoms with E-state index in [1.807, 2.05) is 0 Å². The van der Waals surface area contributed by atoms with Crippen LogP contribution in [0.4, 0.5) is 4.79 Å². The molecule has 7 nitrogen and oxygen atoms in total. The molecule has 0 bridgehead atoms. The maximum atomic E-state index is 11.7. The summed E-state index contributed by atoms with van der Waals surface area (Å²) in [5.74, 6) is 0. The van der Waals surface area contributed by atoms with Crippen molar-refractivity contribution >= 4 is 16.3 Å². The Bertz CT molecular complexity index is 390. The van der Waals surface area contributed by atoms with Crippen LogP contribution in [-0.2, 0) is 14.9 Å². The standard InChI is InChI=1S/C9H18N2O5S/c1-7(2)16-8(12)10-17(14,15)11-5-4-9(3,13)6-11/h7,13H,4-6H2,1-3H3,(H,10,12). The highest BCUT2D eigenvalue weighted by atomic mass is 32.2. The van der Waals surface area contributed by atoms with Crippen LogP contribution in [0.5, 0.6) is 0 Å². The molecule has 1 unspecified atom stereocenters. The predicted octanol–water partition coefficient (Wildman–Crippen LogP) is -0.177. The van der Waals surface area contributed by atoms with E-state index in [1.54, 1.807) is 25.5 Å². The number of rotatable bonds is 3. The fraction of sp³-hybridized carbons (Fsp3) is 0.889. The summed E-state index contributed by atoms with van der Waals surface area (Å²) in [5, 5.41) is 9.66. The van der Waals surface area contributed by atoms with Gasteiger partial charge in [0.2, 0.25) is 0 Å². The van der Waals surface area contributed by atoms with Gasteiger partial charge in [0.15, 0.2) is 0 Å². The molecule has 1 aliphatic rings. The Morgan fingerprint density at radius 3 is 2.53 bits per heavy atom. The first-order valence-corrected chi connectivity index (χ1v) is 6.77. The van der Waals surface area contributed by atoms with E-state index >= 15 is 0 Å². The molecular formula is C9H18N2O5S. The molecule has 0 aromatic rings. The van der Waals surface area contributed by atoms with Crippen molar-refractivity contribution in [3.8, 4) is 0 Å². The molecular weight excluding hydrogens is 248 g/mol. The molecule has 100 valence electrons. The Hall–Kier alpha value is -0.860. The van der Waals surface area contributed by atoms with Gasteiger partial charge in [-0.05, 0) is 27.2 Å². The lowest BCUT2D eigenvalue weighted by Gasteiger charge is -2.19. The van der Waals surface area contributed by atoms with Crippen molar-refractivity contribution in [1.82, 2.24) is 9.03 Å². The number of hydrogen-bond donors (Lipinski definition) is 2. The van der Waals surface area contributed by atoms with Gasteiger partial charge in [-0.25, -0.2) is 9.52 Å². The van der Waals surface area contributed by atoms with Gasteiger partial charge >= 0.3 is 16.3 Å². The summed E-state index contributed by atoms with van der Waals surface area (Å²) in [7, 11) is -3.93. The highest BCUT2D eigenvalue weighted by Gasteiger charge is 2.38. The molecule has 1 amide bonds. The number of ether oxygens (including phenoxy) is 1. The molecule has 1 heterocycles. The van der Waals surface area contributed by atoms with Crippen LogP contribution in [0.25, 0.3) is 0 Å². The molecule has 2 N–H and O–H groups in total. The number of β-amino-alcohol motifs (C(OH)–C–C–N with tert-alkyl or cyclic N) is 1. The molecule has 1 rings (SSSR count). The predicted molar refractivity (Wildman–Crippen MR) is 60.5 cm³/mol. The van der Waals surface area contributed by atoms with Crippen LogP contribution >= 0.6 is 0 Å². The highest BCUT2D eigenvalue weighted by Crippen LogP contribution is 2.22. The quantitative estimate of drug-likeness (QED) is 0.739. The van der Waals surface area contributed by atoms with Crippen LogP contribution in [0.2, 0.25) is 0 Å². The lowest BCUT2D eigenvalue weighted by Crippen LogP contribution is -2.44. The van der Waals surface area contributed by atoms with E-state index < -0.39 is 28.0 Å². The van der Waals surface area contributed by atoms with Gasteiger partial charge in [0.05, 0.1) is 11.7 Å². The van der Waals surface area contributed by atoms with Crippen molar-refractivity contribution in [3.63, 3.8) is 0 Å². The Kier molecular flexibility index (Phi) is 4.00. The summed E-state index contributed by atoms with van der Waals surface area (Å²) in [6, 6.07) is 0. The second-order valence-corrected chi connectivity index (χ2v) is 6.31. The lowest BCUT2D eigenvalue weighted by molar-refractivity contribution is 0.0759. The number of nitrogens with zero attached hydrogens (tertiary/aromatic N) is 1. The maximum absolute atomic E-state index is 11.7. The van der Waals surface area contributed by atoms with E-state index in [1.165, 1.54) is 0 Å². The number of carbonyl (C=O) groups excluding carboxylic acids is 1. The van der Waals surface area contributed by atoms with E-state index in [0.29, 0.717) is 6.42 Å². The van der Waals surface area contributed by atoms with Gasteiger partial charge in [0.25, 0.3) is 0 Å². The van der Waals surface area contributed by atoms with E-state index in [4.69, 9.17) is 0 Å². The molecule has 0 radical (unpaired) electrons. The number of aliphatic hydroxyl groups is 1. The fourth-order valence-electron chi connectivity index (χ4n) is 1.52. The van der Waals surface area contributed by atoms with Crippen LogP contribution in [0.15, 0.2) is 0 Å². The summed E-state index contributed by atoms with van der Waals surface area (Å²) in [6.45, 7) is 4.93. The summed E-state index contributed by atoms with van der Waals surface area (Å²) < 4.78 is 30.9. The second-order valence-electron chi connectivity index (χ2n) is 4.64. The second kappa shape index (κ2) is 4.79. The molecule has 0 aliphatic carbocycles. The Morgan fingerprint density at radius 1 is 1.53 bits per heavy atom. The average molecular weight is 266 g/mol. The van der Waals surface area contributed by atoms with Crippen LogP contribution in [0.1, 0.15) is 27.2 Å². The Labute approximate surface area is 101 Å². The zero-order chi connectivity index (χ0) is 13.3. The minimum Gasteiger partial charge on any atom is -0.446 e. The number of carbonyl (C=O) groups is 1. The molecule has 1 atom stereocenters. The number of hydrogen-bond acceptors (Lipinski definition) is 5. The summed E-state index contributed by atoms with van der Waals surface area (Å²) in [6.07, 6.45) is -1.06. The largest absolute Gasteiger partial charge is 0.446 e. The molecule has 0 spiro atoms. The smallest absolute Gasteiger partial charge is 0.422 e. The normalized spacial score (nSPS) is 26.2. The van der Waals surface area contributed by atoms with E-state index in [2.05, 4.69) is 4.74 Å². The first-order valence-electron chi connectivity index (χ1n) is 5.33. The van der Waals surface area contributed by atoms with Gasteiger partial charge in [-0.3, -0.25) is 0 Å². The highest BCUT2D eigenvalue weighted by molar-refractivity contribution is 7.87. The van der Waals surface area contributed by atoms with Crippen molar-refractivity contribution < 1.29 is 23.1 Å². The van der Waals surface area contributed by atoms with Crippen LogP contribution < -0.4 is 4.72 Å². The summed E-state index contributed by atoms with van der Waals surface area (Å²) in [5.41, 5.74) is -1.04. The molecule has 8 heteroatoms. The van der Waals surface area contributed by atoms with Gasteiger partial charge in [0.1, 0.15) is 0 Å². The molecule has 17 heavy (non-hydrogen) atoms. The average Bonchev–Trinajstić information content (AvgIpc) is 2.43. The lowest BCUT2D eigenvalue weighted by atomic mass is 10.1. The molecule has 1 saturated heterocycles. The Morgan fingerprint density at radius 2 is 2.12 bits per heavy atom. The van der Waals surface area contributed by atoms with Gasteiger partial charge in [-0.2, -0.15) is 12.7 Å². The zero-order valence-corrected chi connectivity index (χ0v) is 11.0. The van der Waals surface area contributed by atoms with Crippen molar-refractivity contribution in [3.05, 3.63) is 0 Å². The molecule has 0 aromatic heterocycles. The summed E-state index contributed by atoms with van der Waals surface area (Å²) >= 11 is 0. The van der Waals surface area contributed by atoms with Crippen molar-refractivity contribution in [2.45, 2.75) is 38.9 Å². The van der Waals surface area contributed by atoms with Crippen molar-refractivity contribution in [2.24, 2.45) is 0 Å². The van der Waals surface area contributed by atoms with Crippen molar-refractivity contribution in [2.75, 3.05) is 13.1 Å². The third-order valence-corrected chi connectivity index (χ3v) is 3.73.